The Labute approximate surface area is 259 Å². The minimum absolute atomic E-state index is 0.133. The van der Waals surface area contributed by atoms with E-state index in [1.807, 2.05) is 6.92 Å². The fraction of sp³-hybridized carbons (Fsp3) is 0.472. The van der Waals surface area contributed by atoms with Crippen LogP contribution in [0.2, 0.25) is 0 Å². The Morgan fingerprint density at radius 3 is 1.82 bits per heavy atom. The van der Waals surface area contributed by atoms with Gasteiger partial charge in [-0.25, -0.2) is 22.0 Å². The van der Waals surface area contributed by atoms with Crippen molar-refractivity contribution in [2.45, 2.75) is 96.0 Å². The van der Waals surface area contributed by atoms with E-state index in [1.165, 1.54) is 31.2 Å². The van der Waals surface area contributed by atoms with E-state index in [1.54, 1.807) is 12.1 Å². The van der Waals surface area contributed by atoms with E-state index in [-0.39, 0.29) is 58.9 Å². The van der Waals surface area contributed by atoms with Crippen LogP contribution in [0.4, 0.5) is 26.3 Å². The molecule has 0 bridgehead atoms. The number of carbonyl (C=O) groups is 1. The van der Waals surface area contributed by atoms with Crippen molar-refractivity contribution in [1.82, 2.24) is 0 Å². The zero-order valence-corrected chi connectivity index (χ0v) is 25.5. The Morgan fingerprint density at radius 1 is 0.667 bits per heavy atom. The van der Waals surface area contributed by atoms with Crippen molar-refractivity contribution in [3.63, 3.8) is 0 Å². The summed E-state index contributed by atoms with van der Waals surface area (Å²) in [6, 6.07) is 8.27. The lowest BCUT2D eigenvalue weighted by Crippen LogP contribution is -2.30. The van der Waals surface area contributed by atoms with Crippen molar-refractivity contribution >= 4 is 5.97 Å². The highest BCUT2D eigenvalue weighted by molar-refractivity contribution is 5.73. The van der Waals surface area contributed by atoms with Crippen molar-refractivity contribution in [3.05, 3.63) is 88.0 Å². The van der Waals surface area contributed by atoms with Crippen LogP contribution in [0.3, 0.4) is 0 Å². The van der Waals surface area contributed by atoms with Crippen LogP contribution in [0.25, 0.3) is 11.1 Å². The SMILES string of the molecule is CCCCOc1ccc(-c2ccc(C3CCC(C(=O)OC4CCC(c5ccc(C)c(F)c5F)CC4)CC3)c(F)c2F)c(F)c1F. The van der Waals surface area contributed by atoms with Gasteiger partial charge in [-0.05, 0) is 105 Å². The Hall–Kier alpha value is -3.49. The molecule has 0 N–H and O–H groups in total. The third-order valence-electron chi connectivity index (χ3n) is 9.41. The van der Waals surface area contributed by atoms with E-state index in [0.717, 1.165) is 6.42 Å². The van der Waals surface area contributed by atoms with Gasteiger partial charge in [-0.3, -0.25) is 4.79 Å². The Bertz CT molecular complexity index is 1520. The molecule has 2 saturated carbocycles. The van der Waals surface area contributed by atoms with Gasteiger partial charge in [-0.2, -0.15) is 4.39 Å². The summed E-state index contributed by atoms with van der Waals surface area (Å²) >= 11 is 0. The number of carbonyl (C=O) groups excluding carboxylic acids is 1. The second-order valence-electron chi connectivity index (χ2n) is 12.3. The normalized spacial score (nSPS) is 21.9. The number of benzene rings is 3. The molecule has 45 heavy (non-hydrogen) atoms. The first kappa shape index (κ1) is 32.9. The molecule has 0 heterocycles. The quantitative estimate of drug-likeness (QED) is 0.134. The highest BCUT2D eigenvalue weighted by atomic mass is 19.2. The molecule has 3 nitrogen and oxygen atoms in total. The van der Waals surface area contributed by atoms with Crippen LogP contribution in [0.5, 0.6) is 5.75 Å². The number of unbranched alkanes of at least 4 members (excludes halogenated alkanes) is 1. The molecule has 2 fully saturated rings. The van der Waals surface area contributed by atoms with Crippen molar-refractivity contribution < 1.29 is 40.6 Å². The van der Waals surface area contributed by atoms with E-state index in [2.05, 4.69) is 0 Å². The average molecular weight is 633 g/mol. The molecule has 242 valence electrons. The molecular weight excluding hydrogens is 594 g/mol. The molecular formula is C36H38F6O3. The van der Waals surface area contributed by atoms with Crippen molar-refractivity contribution in [1.29, 1.82) is 0 Å². The highest BCUT2D eigenvalue weighted by Crippen LogP contribution is 2.41. The maximum atomic E-state index is 15.3. The molecule has 0 amide bonds. The number of hydrogen-bond donors (Lipinski definition) is 0. The largest absolute Gasteiger partial charge is 0.490 e. The number of ether oxygens (including phenoxy) is 2. The Morgan fingerprint density at radius 2 is 1.20 bits per heavy atom. The zero-order valence-electron chi connectivity index (χ0n) is 25.5. The number of halogens is 6. The topological polar surface area (TPSA) is 35.5 Å². The van der Waals surface area contributed by atoms with Gasteiger partial charge in [0.05, 0.1) is 12.5 Å². The molecule has 3 aromatic rings. The summed E-state index contributed by atoms with van der Waals surface area (Å²) in [5.41, 5.74) is -0.00730. The van der Waals surface area contributed by atoms with Crippen LogP contribution in [0.15, 0.2) is 36.4 Å². The summed E-state index contributed by atoms with van der Waals surface area (Å²) in [6.45, 7) is 3.67. The standard InChI is InChI=1S/C36H38F6O3/c1-3-4-19-44-29-18-17-28(34(41)35(29)42)27-16-15-26(32(39)33(27)40)21-6-8-23(9-7-21)36(43)45-24-12-10-22(11-13-24)25-14-5-20(2)30(37)31(25)38/h5,14-18,21-24H,3-4,6-13,19H2,1-2H3. The first-order chi connectivity index (χ1) is 21.6. The summed E-state index contributed by atoms with van der Waals surface area (Å²) in [5.74, 6) is -7.99. The number of esters is 1. The number of hydrogen-bond acceptors (Lipinski definition) is 3. The summed E-state index contributed by atoms with van der Waals surface area (Å²) in [5, 5.41) is 0. The molecule has 0 radical (unpaired) electrons. The first-order valence-electron chi connectivity index (χ1n) is 15.8. The van der Waals surface area contributed by atoms with Crippen molar-refractivity contribution in [2.75, 3.05) is 6.61 Å². The molecule has 9 heteroatoms. The van der Waals surface area contributed by atoms with Gasteiger partial charge < -0.3 is 9.47 Å². The van der Waals surface area contributed by atoms with Crippen LogP contribution in [0.1, 0.15) is 99.7 Å². The fourth-order valence-corrected chi connectivity index (χ4v) is 6.63. The molecule has 0 unspecified atom stereocenters. The number of rotatable bonds is 9. The third-order valence-corrected chi connectivity index (χ3v) is 9.41. The monoisotopic (exact) mass is 632 g/mol. The zero-order chi connectivity index (χ0) is 32.2. The van der Waals surface area contributed by atoms with Gasteiger partial charge in [0.25, 0.3) is 0 Å². The minimum Gasteiger partial charge on any atom is -0.490 e. The predicted molar refractivity (Wildman–Crippen MR) is 159 cm³/mol. The van der Waals surface area contributed by atoms with Gasteiger partial charge in [-0.15, -0.1) is 0 Å². The van der Waals surface area contributed by atoms with E-state index in [0.29, 0.717) is 63.4 Å². The Balaban J connectivity index is 1.16. The second kappa shape index (κ2) is 14.3. The van der Waals surface area contributed by atoms with Gasteiger partial charge in [-0.1, -0.05) is 37.6 Å². The molecule has 0 atom stereocenters. The van der Waals surface area contributed by atoms with Crippen LogP contribution >= 0.6 is 0 Å². The van der Waals surface area contributed by atoms with Gasteiger partial charge >= 0.3 is 5.97 Å². The Kier molecular flexibility index (Phi) is 10.4. The van der Waals surface area contributed by atoms with Gasteiger partial charge in [0.15, 0.2) is 34.8 Å². The van der Waals surface area contributed by atoms with Gasteiger partial charge in [0.2, 0.25) is 5.82 Å². The molecule has 2 aliphatic rings. The van der Waals surface area contributed by atoms with E-state index >= 15 is 8.78 Å². The highest BCUT2D eigenvalue weighted by Gasteiger charge is 2.34. The summed E-state index contributed by atoms with van der Waals surface area (Å²) in [7, 11) is 0. The molecule has 0 aliphatic heterocycles. The average Bonchev–Trinajstić information content (AvgIpc) is 3.04. The van der Waals surface area contributed by atoms with E-state index < -0.39 is 40.5 Å². The van der Waals surface area contributed by atoms with Crippen LogP contribution in [-0.4, -0.2) is 18.7 Å². The third kappa shape index (κ3) is 7.02. The maximum Gasteiger partial charge on any atom is 0.309 e. The van der Waals surface area contributed by atoms with Crippen LogP contribution in [-0.2, 0) is 9.53 Å². The number of aryl methyl sites for hydroxylation is 1. The van der Waals surface area contributed by atoms with Crippen molar-refractivity contribution in [2.24, 2.45) is 5.92 Å². The fourth-order valence-electron chi connectivity index (χ4n) is 6.63. The van der Waals surface area contributed by atoms with E-state index in [9.17, 15) is 22.4 Å². The van der Waals surface area contributed by atoms with Crippen molar-refractivity contribution in [3.8, 4) is 16.9 Å². The molecule has 0 aromatic heterocycles. The van der Waals surface area contributed by atoms with Gasteiger partial charge in [0, 0.05) is 11.1 Å². The predicted octanol–water partition coefficient (Wildman–Crippen LogP) is 10.2. The minimum atomic E-state index is -1.31. The first-order valence-corrected chi connectivity index (χ1v) is 15.8. The van der Waals surface area contributed by atoms with E-state index in [4.69, 9.17) is 9.47 Å². The maximum absolute atomic E-state index is 15.3. The van der Waals surface area contributed by atoms with Gasteiger partial charge in [0.1, 0.15) is 6.10 Å². The molecule has 2 aliphatic carbocycles. The molecule has 5 rings (SSSR count). The smallest absolute Gasteiger partial charge is 0.309 e. The summed E-state index contributed by atoms with van der Waals surface area (Å²) < 4.78 is 99.4. The summed E-state index contributed by atoms with van der Waals surface area (Å²) in [4.78, 5) is 12.9. The molecule has 0 spiro atoms. The second-order valence-corrected chi connectivity index (χ2v) is 12.3. The molecule has 3 aromatic carbocycles. The lowest BCUT2D eigenvalue weighted by Gasteiger charge is -2.32. The lowest BCUT2D eigenvalue weighted by molar-refractivity contribution is -0.157. The lowest BCUT2D eigenvalue weighted by atomic mass is 9.78. The summed E-state index contributed by atoms with van der Waals surface area (Å²) in [6.07, 6.45) is 5.20. The van der Waals surface area contributed by atoms with Crippen LogP contribution in [0, 0.1) is 47.7 Å². The molecule has 0 saturated heterocycles. The van der Waals surface area contributed by atoms with Crippen LogP contribution < -0.4 is 4.74 Å².